The number of halogens is 1. The van der Waals surface area contributed by atoms with Crippen LogP contribution in [0.3, 0.4) is 0 Å². The van der Waals surface area contributed by atoms with E-state index in [-0.39, 0.29) is 55.8 Å². The average Bonchev–Trinajstić information content (AvgIpc) is 3.58. The van der Waals surface area contributed by atoms with E-state index in [1.807, 2.05) is 79.0 Å². The van der Waals surface area contributed by atoms with E-state index in [1.54, 1.807) is 22.3 Å². The lowest BCUT2D eigenvalue weighted by molar-refractivity contribution is -0.141. The summed E-state index contributed by atoms with van der Waals surface area (Å²) in [7, 11) is 1.54. The fourth-order valence-electron chi connectivity index (χ4n) is 10.0. The number of hydrogen-bond acceptors (Lipinski definition) is 9. The Hall–Kier alpha value is -5.36. The molecule has 63 heavy (non-hydrogen) atoms. The third-order valence-electron chi connectivity index (χ3n) is 13.3. The quantitative estimate of drug-likeness (QED) is 0.0987. The van der Waals surface area contributed by atoms with Crippen LogP contribution in [0.4, 0.5) is 4.79 Å². The van der Waals surface area contributed by atoms with Gasteiger partial charge < -0.3 is 24.5 Å². The second kappa shape index (κ2) is 18.4. The molecular weight excluding hydrogens is 834 g/mol. The molecule has 1 saturated heterocycles. The van der Waals surface area contributed by atoms with Gasteiger partial charge in [-0.3, -0.25) is 14.4 Å². The van der Waals surface area contributed by atoms with E-state index < -0.39 is 35.8 Å². The molecule has 1 N–H and O–H groups in total. The molecule has 1 unspecified atom stereocenters. The summed E-state index contributed by atoms with van der Waals surface area (Å²) in [6, 6.07) is 29.6. The van der Waals surface area contributed by atoms with E-state index in [9.17, 15) is 14.4 Å². The number of nitrogens with one attached hydrogen (secondary N) is 1. The number of ketones is 2. The smallest absolute Gasteiger partial charge is 0.407 e. The Balaban J connectivity index is 1.00. The molecule has 1 aromatic heterocycles. The third kappa shape index (κ3) is 9.06. The molecule has 2 aliphatic heterocycles. The van der Waals surface area contributed by atoms with Crippen LogP contribution in [0.5, 0.6) is 0 Å². The number of carbonyl (C=O) groups is 4. The van der Waals surface area contributed by atoms with E-state index in [0.29, 0.717) is 35.9 Å². The lowest BCUT2D eigenvalue weighted by Crippen LogP contribution is -2.53. The molecule has 2 aliphatic carbocycles. The van der Waals surface area contributed by atoms with Crippen LogP contribution in [0.15, 0.2) is 108 Å². The molecule has 4 aromatic carbocycles. The summed E-state index contributed by atoms with van der Waals surface area (Å²) in [5.41, 5.74) is 5.74. The summed E-state index contributed by atoms with van der Waals surface area (Å²) < 4.78 is 12.9. The van der Waals surface area contributed by atoms with Gasteiger partial charge in [-0.2, -0.15) is 0 Å². The highest BCUT2D eigenvalue weighted by Crippen LogP contribution is 2.45. The molecule has 0 radical (unpaired) electrons. The minimum atomic E-state index is -1.09. The summed E-state index contributed by atoms with van der Waals surface area (Å²) in [5, 5.41) is 11.0. The number of oxime groups is 1. The summed E-state index contributed by atoms with van der Waals surface area (Å²) in [5.74, 6) is -0.729. The van der Waals surface area contributed by atoms with Crippen molar-refractivity contribution in [2.75, 3.05) is 20.3 Å². The van der Waals surface area contributed by atoms with Gasteiger partial charge in [-0.15, -0.1) is 11.3 Å². The number of fused-ring (bicyclic) bond motifs is 4. The lowest BCUT2D eigenvalue weighted by Gasteiger charge is -2.30. The molecule has 9 rings (SSSR count). The Morgan fingerprint density at radius 2 is 1.70 bits per heavy atom. The van der Waals surface area contributed by atoms with Gasteiger partial charge in [0.15, 0.2) is 17.2 Å². The van der Waals surface area contributed by atoms with Crippen LogP contribution < -0.4 is 5.32 Å². The number of methoxy groups -OCH3 is 1. The van der Waals surface area contributed by atoms with Crippen LogP contribution >= 0.6 is 22.9 Å². The van der Waals surface area contributed by atoms with Gasteiger partial charge in [0.25, 0.3) is 0 Å². The molecule has 3 heterocycles. The van der Waals surface area contributed by atoms with Crippen LogP contribution in [-0.2, 0) is 35.1 Å². The number of carbonyl (C=O) groups excluding carboxylic acids is 4. The third-order valence-corrected chi connectivity index (χ3v) is 14.5. The summed E-state index contributed by atoms with van der Waals surface area (Å²) >= 11 is 7.94. The molecule has 2 amide bonds. The molecule has 4 aliphatic rings. The Morgan fingerprint density at radius 3 is 2.41 bits per heavy atom. The fraction of sp³-hybridized carbons (Fsp3) is 0.392. The second-order valence-corrected chi connectivity index (χ2v) is 19.0. The Morgan fingerprint density at radius 1 is 0.968 bits per heavy atom. The molecule has 12 heteroatoms. The summed E-state index contributed by atoms with van der Waals surface area (Å²) in [6.45, 7) is 2.17. The highest BCUT2D eigenvalue weighted by Gasteiger charge is 2.55. The first-order valence-electron chi connectivity index (χ1n) is 22.1. The maximum atomic E-state index is 15.3. The first-order valence-corrected chi connectivity index (χ1v) is 23.4. The van der Waals surface area contributed by atoms with Crippen molar-refractivity contribution in [1.29, 1.82) is 0 Å². The monoisotopic (exact) mass is 885 g/mol. The minimum Gasteiger partial charge on any atom is -0.449 e. The van der Waals surface area contributed by atoms with Gasteiger partial charge in [0.05, 0.1) is 18.3 Å². The van der Waals surface area contributed by atoms with Gasteiger partial charge in [-0.05, 0) is 87.9 Å². The van der Waals surface area contributed by atoms with E-state index in [1.165, 1.54) is 7.11 Å². The van der Waals surface area contributed by atoms with Crippen molar-refractivity contribution in [3.05, 3.63) is 130 Å². The molecule has 5 aromatic rings. The van der Waals surface area contributed by atoms with Crippen LogP contribution in [0, 0.1) is 11.8 Å². The van der Waals surface area contributed by atoms with Gasteiger partial charge in [-0.25, -0.2) is 4.79 Å². The molecule has 10 nitrogen and oxygen atoms in total. The van der Waals surface area contributed by atoms with Crippen molar-refractivity contribution in [1.82, 2.24) is 10.2 Å². The number of Topliss-reactive ketones (excluding diaryl/α,β-unsaturated/α-hetero) is 2. The number of nitrogens with zero attached hydrogens (tertiary/aromatic N) is 2. The summed E-state index contributed by atoms with van der Waals surface area (Å²) in [4.78, 5) is 65.6. The number of ether oxygens (including phenoxy) is 2. The Bertz CT molecular complexity index is 2520. The highest BCUT2D eigenvalue weighted by atomic mass is 35.5. The first kappa shape index (κ1) is 42.9. The summed E-state index contributed by atoms with van der Waals surface area (Å²) in [6.07, 6.45) is 3.20. The minimum absolute atomic E-state index is 0.0242. The maximum Gasteiger partial charge on any atom is 0.407 e. The van der Waals surface area contributed by atoms with Crippen LogP contribution in [0.1, 0.15) is 86.5 Å². The maximum absolute atomic E-state index is 15.3. The van der Waals surface area contributed by atoms with Gasteiger partial charge in [0, 0.05) is 60.4 Å². The number of rotatable bonds is 17. The van der Waals surface area contributed by atoms with Crippen molar-refractivity contribution in [3.63, 3.8) is 0 Å². The van der Waals surface area contributed by atoms with Crippen LogP contribution in [0.25, 0.3) is 21.2 Å². The fourth-order valence-corrected chi connectivity index (χ4v) is 11.2. The predicted molar refractivity (Wildman–Crippen MR) is 245 cm³/mol. The normalized spacial score (nSPS) is 20.5. The topological polar surface area (TPSA) is 124 Å². The van der Waals surface area contributed by atoms with E-state index in [0.717, 1.165) is 62.7 Å². The number of hydrogen-bond donors (Lipinski definition) is 1. The van der Waals surface area contributed by atoms with Crippen molar-refractivity contribution in [2.24, 2.45) is 17.0 Å². The molecule has 0 bridgehead atoms. The van der Waals surface area contributed by atoms with E-state index in [4.69, 9.17) is 25.9 Å². The number of amides is 2. The Kier molecular flexibility index (Phi) is 12.5. The van der Waals surface area contributed by atoms with E-state index in [2.05, 4.69) is 34.7 Å². The second-order valence-electron chi connectivity index (χ2n) is 17.7. The van der Waals surface area contributed by atoms with Crippen molar-refractivity contribution in [3.8, 4) is 11.1 Å². The molecule has 1 spiro atoms. The lowest BCUT2D eigenvalue weighted by atomic mass is 9.84. The van der Waals surface area contributed by atoms with Crippen molar-refractivity contribution >= 4 is 62.3 Å². The number of thiophene rings is 1. The van der Waals surface area contributed by atoms with Gasteiger partial charge >= 0.3 is 6.09 Å². The molecule has 1 saturated carbocycles. The van der Waals surface area contributed by atoms with Gasteiger partial charge in [-0.1, -0.05) is 109 Å². The number of likely N-dealkylation sites (tertiary alicyclic amines) is 1. The number of benzene rings is 4. The standard InChI is InChI=1S/C51H52ClN3O7S/c1-3-11-33(48(60-2)46(57)22-31-20-21-31)25-45(56)44-27-51(26-43(54-62-51)32-12-10-13-35(52)23-32)30-55(44)49(58)42(24-34-29-63-47-19-9-8-14-36(34)47)53-50(59)61-28-41-39-17-6-4-15-37(39)38-16-5-7-18-40(38)41/h4-10,12-19,23,29,31,33,41-42,44,48H,3,11,20-22,24-28,30H2,1-2H3,(H,53,59)/t33-,42-,44-,48?,51+/m0/s1. The Labute approximate surface area is 376 Å². The average molecular weight is 887 g/mol. The molecule has 5 atom stereocenters. The van der Waals surface area contributed by atoms with Crippen LogP contribution in [0.2, 0.25) is 5.02 Å². The molecule has 2 fully saturated rings. The van der Waals surface area contributed by atoms with Crippen LogP contribution in [-0.4, -0.2) is 78.2 Å². The SMILES string of the molecule is CCC[C@@H](CC(=O)[C@@H]1C[C@]2(CC(c3cccc(Cl)c3)=NO2)CN1C(=O)[C@H](Cc1csc2ccccc12)NC(=O)OCC1c2ccccc2-c2ccccc21)C(OC)C(=O)CC1CC1. The van der Waals surface area contributed by atoms with Crippen molar-refractivity contribution < 1.29 is 33.5 Å². The van der Waals surface area contributed by atoms with Gasteiger partial charge in [0.2, 0.25) is 5.91 Å². The highest BCUT2D eigenvalue weighted by molar-refractivity contribution is 7.17. The predicted octanol–water partition coefficient (Wildman–Crippen LogP) is 9.93. The zero-order chi connectivity index (χ0) is 43.7. The van der Waals surface area contributed by atoms with Gasteiger partial charge in [0.1, 0.15) is 18.8 Å². The largest absolute Gasteiger partial charge is 0.449 e. The van der Waals surface area contributed by atoms with E-state index >= 15 is 4.79 Å². The first-order chi connectivity index (χ1) is 30.6. The number of alkyl carbamates (subject to hydrolysis) is 1. The molecular formula is C51H52ClN3O7S. The van der Waals surface area contributed by atoms with Crippen molar-refractivity contribution in [2.45, 2.75) is 94.4 Å². The molecule has 326 valence electrons. The zero-order valence-corrected chi connectivity index (χ0v) is 37.2. The zero-order valence-electron chi connectivity index (χ0n) is 35.6.